The molecule has 0 aliphatic heterocycles. The summed E-state index contributed by atoms with van der Waals surface area (Å²) in [6, 6.07) is 6.75. The fraction of sp³-hybridized carbons (Fsp3) is 0.500. The summed E-state index contributed by atoms with van der Waals surface area (Å²) in [4.78, 5) is 3.61. The molecule has 1 saturated carbocycles. The molecule has 1 aromatic rings. The lowest BCUT2D eigenvalue weighted by molar-refractivity contribution is 0.298. The molecule has 0 aromatic heterocycles. The van der Waals surface area contributed by atoms with Gasteiger partial charge in [0, 0.05) is 6.42 Å². The topological polar surface area (TPSA) is 38.5 Å². The molecule has 0 bridgehead atoms. The quantitative estimate of drug-likeness (QED) is 0.782. The second-order valence-corrected chi connectivity index (χ2v) is 7.08. The highest BCUT2D eigenvalue weighted by molar-refractivity contribution is 7.92. The fourth-order valence-corrected chi connectivity index (χ4v) is 3.64. The van der Waals surface area contributed by atoms with Crippen LogP contribution in [0.4, 0.5) is 0 Å². The molecule has 96 valence electrons. The predicted molar refractivity (Wildman–Crippen MR) is 70.7 cm³/mol. The van der Waals surface area contributed by atoms with Crippen molar-refractivity contribution in [3.8, 4) is 0 Å². The highest BCUT2D eigenvalue weighted by Crippen LogP contribution is 2.34. The molecule has 2 rings (SSSR count). The van der Waals surface area contributed by atoms with Gasteiger partial charge in [0.15, 0.2) is 0 Å². The van der Waals surface area contributed by atoms with Gasteiger partial charge in [-0.25, -0.2) is 15.0 Å². The van der Waals surface area contributed by atoms with Gasteiger partial charge in [-0.05, 0) is 25.0 Å². The monoisotopic (exact) mass is 263 g/mol. The largest absolute Gasteiger partial charge is 0.325 e. The van der Waals surface area contributed by atoms with Crippen molar-refractivity contribution in [1.29, 1.82) is 0 Å². The first kappa shape index (κ1) is 13.1. The van der Waals surface area contributed by atoms with Crippen LogP contribution in [0.1, 0.15) is 31.2 Å². The molecule has 18 heavy (non-hydrogen) atoms. The van der Waals surface area contributed by atoms with E-state index in [1.165, 1.54) is 6.42 Å². The average Bonchev–Trinajstić information content (AvgIpc) is 2.28. The summed E-state index contributed by atoms with van der Waals surface area (Å²) in [7, 11) is -3.49. The Kier molecular flexibility index (Phi) is 3.72. The maximum absolute atomic E-state index is 12.3. The van der Waals surface area contributed by atoms with E-state index in [1.807, 2.05) is 6.92 Å². The van der Waals surface area contributed by atoms with E-state index in [0.717, 1.165) is 18.4 Å². The molecule has 1 aromatic carbocycles. The number of benzene rings is 1. The van der Waals surface area contributed by atoms with Gasteiger partial charge in [-0.3, -0.25) is 4.85 Å². The van der Waals surface area contributed by atoms with Gasteiger partial charge in [0.2, 0.25) is 0 Å². The van der Waals surface area contributed by atoms with Crippen LogP contribution in [0.2, 0.25) is 0 Å². The first-order valence-electron chi connectivity index (χ1n) is 6.21. The van der Waals surface area contributed by atoms with Crippen LogP contribution in [0.15, 0.2) is 29.2 Å². The second-order valence-electron chi connectivity index (χ2n) is 4.97. The summed E-state index contributed by atoms with van der Waals surface area (Å²) in [5.41, 5.74) is 1.02. The molecule has 4 heteroatoms. The maximum atomic E-state index is 12.3. The number of aryl methyl sites for hydroxylation is 1. The summed E-state index contributed by atoms with van der Waals surface area (Å²) in [6.45, 7) is 9.06. The van der Waals surface area contributed by atoms with E-state index in [0.29, 0.717) is 12.3 Å². The van der Waals surface area contributed by atoms with Crippen LogP contribution in [0.5, 0.6) is 0 Å². The molecule has 0 amide bonds. The Morgan fingerprint density at radius 2 is 1.94 bits per heavy atom. The van der Waals surface area contributed by atoms with Crippen molar-refractivity contribution in [2.24, 2.45) is 5.92 Å². The summed E-state index contributed by atoms with van der Waals surface area (Å²) in [6.07, 6.45) is 3.78. The van der Waals surface area contributed by atoms with Crippen molar-refractivity contribution >= 4 is 9.84 Å². The van der Waals surface area contributed by atoms with Crippen molar-refractivity contribution in [3.05, 3.63) is 41.2 Å². The van der Waals surface area contributed by atoms with Crippen molar-refractivity contribution in [1.82, 2.24) is 0 Å². The molecule has 1 unspecified atom stereocenters. The zero-order valence-electron chi connectivity index (χ0n) is 10.5. The van der Waals surface area contributed by atoms with Gasteiger partial charge >= 0.3 is 5.37 Å². The van der Waals surface area contributed by atoms with Crippen LogP contribution in [-0.4, -0.2) is 13.8 Å². The molecular formula is C14H17NO2S. The molecule has 1 aliphatic carbocycles. The lowest BCUT2D eigenvalue weighted by Gasteiger charge is -2.25. The minimum atomic E-state index is -3.49. The molecule has 0 radical (unpaired) electrons. The molecule has 3 nitrogen and oxygen atoms in total. The maximum Gasteiger partial charge on any atom is 0.325 e. The molecule has 1 aliphatic rings. The normalized spacial score (nSPS) is 17.8. The van der Waals surface area contributed by atoms with Gasteiger partial charge in [-0.2, -0.15) is 0 Å². The first-order chi connectivity index (χ1) is 8.54. The lowest BCUT2D eigenvalue weighted by atomic mass is 9.83. The Morgan fingerprint density at radius 1 is 1.33 bits per heavy atom. The van der Waals surface area contributed by atoms with E-state index in [1.54, 1.807) is 24.3 Å². The molecular weight excluding hydrogens is 246 g/mol. The van der Waals surface area contributed by atoms with Crippen molar-refractivity contribution in [2.45, 2.75) is 42.9 Å². The lowest BCUT2D eigenvalue weighted by Crippen LogP contribution is -2.24. The zero-order chi connectivity index (χ0) is 13.2. The summed E-state index contributed by atoms with van der Waals surface area (Å²) < 4.78 is 24.7. The summed E-state index contributed by atoms with van der Waals surface area (Å²) in [5, 5.41) is -0.912. The van der Waals surface area contributed by atoms with Gasteiger partial charge < -0.3 is 0 Å². The van der Waals surface area contributed by atoms with E-state index in [-0.39, 0.29) is 4.90 Å². The number of sulfone groups is 1. The van der Waals surface area contributed by atoms with Gasteiger partial charge in [0.05, 0.1) is 4.90 Å². The summed E-state index contributed by atoms with van der Waals surface area (Å²) >= 11 is 0. The third-order valence-corrected chi connectivity index (χ3v) is 5.55. The fourth-order valence-electron chi connectivity index (χ4n) is 2.15. The first-order valence-corrected chi connectivity index (χ1v) is 7.76. The number of hydrogen-bond acceptors (Lipinski definition) is 2. The SMILES string of the molecule is [C-]#[N+]C(CC1CCC1)S(=O)(=O)c1ccc(C)cc1. The van der Waals surface area contributed by atoms with Crippen LogP contribution in [-0.2, 0) is 9.84 Å². The smallest absolute Gasteiger partial charge is 0.296 e. The van der Waals surface area contributed by atoms with Crippen molar-refractivity contribution in [3.63, 3.8) is 0 Å². The van der Waals surface area contributed by atoms with Gasteiger partial charge in [-0.15, -0.1) is 0 Å². The third-order valence-electron chi connectivity index (χ3n) is 3.61. The van der Waals surface area contributed by atoms with Crippen LogP contribution in [0.25, 0.3) is 4.85 Å². The van der Waals surface area contributed by atoms with E-state index < -0.39 is 15.2 Å². The Balaban J connectivity index is 2.22. The standard InChI is InChI=1S/C14H17NO2S/c1-11-6-8-13(9-7-11)18(16,17)14(15-2)10-12-4-3-5-12/h6-9,12,14H,3-5,10H2,1H3. The Bertz CT molecular complexity index is 550. The van der Waals surface area contributed by atoms with Gasteiger partial charge in [0.25, 0.3) is 9.84 Å². The minimum absolute atomic E-state index is 0.272. The van der Waals surface area contributed by atoms with Crippen molar-refractivity contribution in [2.75, 3.05) is 0 Å². The minimum Gasteiger partial charge on any atom is -0.296 e. The summed E-state index contributed by atoms with van der Waals surface area (Å²) in [5.74, 6) is 0.421. The van der Waals surface area contributed by atoms with E-state index in [9.17, 15) is 8.42 Å². The van der Waals surface area contributed by atoms with Crippen LogP contribution >= 0.6 is 0 Å². The predicted octanol–water partition coefficient (Wildman–Crippen LogP) is 3.20. The Labute approximate surface area is 109 Å². The van der Waals surface area contributed by atoms with E-state index in [4.69, 9.17) is 6.57 Å². The molecule has 1 atom stereocenters. The zero-order valence-corrected chi connectivity index (χ0v) is 11.3. The van der Waals surface area contributed by atoms with Crippen LogP contribution < -0.4 is 0 Å². The Morgan fingerprint density at radius 3 is 2.39 bits per heavy atom. The number of nitrogens with zero attached hydrogens (tertiary/aromatic N) is 1. The molecule has 0 heterocycles. The van der Waals surface area contributed by atoms with Crippen LogP contribution in [0.3, 0.4) is 0 Å². The molecule has 0 spiro atoms. The highest BCUT2D eigenvalue weighted by Gasteiger charge is 2.36. The number of hydrogen-bond donors (Lipinski definition) is 0. The van der Waals surface area contributed by atoms with Gasteiger partial charge in [0.1, 0.15) is 0 Å². The Hall–Kier alpha value is -1.34. The van der Waals surface area contributed by atoms with Gasteiger partial charge in [-0.1, -0.05) is 37.0 Å². The second kappa shape index (κ2) is 5.11. The van der Waals surface area contributed by atoms with E-state index >= 15 is 0 Å². The highest BCUT2D eigenvalue weighted by atomic mass is 32.2. The van der Waals surface area contributed by atoms with Crippen LogP contribution in [0, 0.1) is 19.4 Å². The average molecular weight is 263 g/mol. The molecule has 0 saturated heterocycles. The molecule has 1 fully saturated rings. The third kappa shape index (κ3) is 2.56. The molecule has 0 N–H and O–H groups in total. The van der Waals surface area contributed by atoms with Crippen molar-refractivity contribution < 1.29 is 8.42 Å². The van der Waals surface area contributed by atoms with E-state index in [2.05, 4.69) is 4.85 Å². The number of rotatable bonds is 4.